The van der Waals surface area contributed by atoms with E-state index < -0.39 is 23.0 Å². The molecule has 0 spiro atoms. The summed E-state index contributed by atoms with van der Waals surface area (Å²) in [5.41, 5.74) is 1.48. The zero-order valence-electron chi connectivity index (χ0n) is 17.9. The number of fused-ring (bicyclic) bond motifs is 1. The largest absolute Gasteiger partial charge is 0.501 e. The molecule has 1 N–H and O–H groups in total. The first kappa shape index (κ1) is 22.5. The van der Waals surface area contributed by atoms with Crippen LogP contribution in [-0.4, -0.2) is 59.0 Å². The number of carbonyl (C=O) groups is 3. The molecule has 0 radical (unpaired) electrons. The van der Waals surface area contributed by atoms with E-state index in [0.29, 0.717) is 28.5 Å². The second kappa shape index (κ2) is 9.45. The molecule has 2 aromatic carbocycles. The summed E-state index contributed by atoms with van der Waals surface area (Å²) in [5, 5.41) is 3.85. The average molecular weight is 471 g/mol. The number of ether oxygens (including phenoxy) is 2. The van der Waals surface area contributed by atoms with Gasteiger partial charge in [0.05, 0.1) is 19.9 Å². The lowest BCUT2D eigenvalue weighted by atomic mass is 10.1. The summed E-state index contributed by atoms with van der Waals surface area (Å²) in [6.45, 7) is -0.315. The van der Waals surface area contributed by atoms with Crippen molar-refractivity contribution in [1.82, 2.24) is 4.90 Å². The predicted molar refractivity (Wildman–Crippen MR) is 121 cm³/mol. The Bertz CT molecular complexity index is 1180. The van der Waals surface area contributed by atoms with Crippen molar-refractivity contribution in [3.05, 3.63) is 65.3 Å². The van der Waals surface area contributed by atoms with Crippen LogP contribution in [0.15, 0.2) is 53.9 Å². The molecule has 0 aromatic heterocycles. The van der Waals surface area contributed by atoms with E-state index in [1.54, 1.807) is 29.7 Å². The summed E-state index contributed by atoms with van der Waals surface area (Å²) in [6, 6.07) is 9.90. The first-order chi connectivity index (χ1) is 15.9. The zero-order chi connectivity index (χ0) is 23.5. The van der Waals surface area contributed by atoms with Crippen LogP contribution in [-0.2, 0) is 16.1 Å². The van der Waals surface area contributed by atoms with Crippen molar-refractivity contribution in [3.63, 3.8) is 0 Å². The number of urea groups is 1. The van der Waals surface area contributed by atoms with Crippen molar-refractivity contribution in [2.45, 2.75) is 11.8 Å². The lowest BCUT2D eigenvalue weighted by Gasteiger charge is -2.24. The van der Waals surface area contributed by atoms with E-state index in [2.05, 4.69) is 5.32 Å². The van der Waals surface area contributed by atoms with Gasteiger partial charge in [0.1, 0.15) is 29.6 Å². The van der Waals surface area contributed by atoms with Crippen LogP contribution in [0.5, 0.6) is 11.5 Å². The molecule has 0 aliphatic carbocycles. The topological polar surface area (TPSA) is 88.0 Å². The normalized spacial score (nSPS) is 17.3. The van der Waals surface area contributed by atoms with E-state index in [1.807, 2.05) is 0 Å². The minimum absolute atomic E-state index is 0.0211. The third-order valence-electron chi connectivity index (χ3n) is 5.22. The van der Waals surface area contributed by atoms with Crippen LogP contribution in [0.3, 0.4) is 0 Å². The number of carbonyl (C=O) groups excluding carboxylic acids is 3. The fourth-order valence-corrected chi connectivity index (χ4v) is 4.53. The zero-order valence-corrected chi connectivity index (χ0v) is 18.7. The molecule has 4 amide bonds. The van der Waals surface area contributed by atoms with Crippen molar-refractivity contribution in [1.29, 1.82) is 0 Å². The van der Waals surface area contributed by atoms with Gasteiger partial charge in [-0.25, -0.2) is 9.18 Å². The Morgan fingerprint density at radius 3 is 2.61 bits per heavy atom. The molecule has 2 aliphatic rings. The molecule has 0 bridgehead atoms. The number of nitrogens with zero attached hydrogens (tertiary/aromatic N) is 2. The number of anilines is 1. The maximum Gasteiger partial charge on any atom is 0.501 e. The van der Waals surface area contributed by atoms with Crippen molar-refractivity contribution in [3.8, 4) is 11.5 Å². The minimum Gasteiger partial charge on any atom is -0.497 e. The standard InChI is InChI=1S/C23H20FN3O5S/c1-31-16-7-8-17(19(11-16)32-2)25-20(28)13-26-18-9-10-33-21(18)22(29)27(23(26)30)12-14-3-5-15(24)6-4-14/h3-11,21H,12-13H2,1-2H3/p+1. The summed E-state index contributed by atoms with van der Waals surface area (Å²) >= 11 is 1.27. The number of halogens is 1. The number of methoxy groups -OCH3 is 2. The van der Waals surface area contributed by atoms with Gasteiger partial charge in [-0.05, 0) is 41.3 Å². The molecule has 33 heavy (non-hydrogen) atoms. The Morgan fingerprint density at radius 2 is 1.91 bits per heavy atom. The van der Waals surface area contributed by atoms with Crippen LogP contribution in [0, 0.1) is 5.82 Å². The van der Waals surface area contributed by atoms with Gasteiger partial charge in [-0.1, -0.05) is 12.1 Å². The summed E-state index contributed by atoms with van der Waals surface area (Å²) in [6.07, 6.45) is 1.67. The number of benzene rings is 2. The summed E-state index contributed by atoms with van der Waals surface area (Å²) in [4.78, 5) is 40.1. The monoisotopic (exact) mass is 470 g/mol. The quantitative estimate of drug-likeness (QED) is 0.626. The second-order valence-corrected chi connectivity index (χ2v) is 8.29. The fourth-order valence-electron chi connectivity index (χ4n) is 3.56. The SMILES string of the molecule is COc1ccc(NC(=O)C[N+]2=C3C=CSC3C(=O)N(Cc3ccc(F)cc3)C2=O)c(OC)c1. The van der Waals surface area contributed by atoms with Gasteiger partial charge < -0.3 is 14.8 Å². The average Bonchev–Trinajstić information content (AvgIpc) is 3.31. The third kappa shape index (κ3) is 4.61. The molecular formula is C23H21FN3O5S+. The van der Waals surface area contributed by atoms with E-state index in [0.717, 1.165) is 4.90 Å². The minimum atomic E-state index is -0.619. The number of hydrogen-bond acceptors (Lipinski definition) is 6. The van der Waals surface area contributed by atoms with Crippen molar-refractivity contribution in [2.75, 3.05) is 26.1 Å². The van der Waals surface area contributed by atoms with Crippen LogP contribution in [0.4, 0.5) is 14.9 Å². The molecule has 0 saturated carbocycles. The van der Waals surface area contributed by atoms with Gasteiger partial charge in [0.2, 0.25) is 0 Å². The summed E-state index contributed by atoms with van der Waals surface area (Å²) in [5.74, 6) is -0.268. The number of thioether (sulfide) groups is 1. The Morgan fingerprint density at radius 1 is 1.15 bits per heavy atom. The smallest absolute Gasteiger partial charge is 0.497 e. The van der Waals surface area contributed by atoms with Crippen LogP contribution in [0.1, 0.15) is 5.56 Å². The molecule has 2 heterocycles. The molecule has 2 aromatic rings. The van der Waals surface area contributed by atoms with Gasteiger partial charge in [0, 0.05) is 6.07 Å². The maximum atomic E-state index is 13.2. The molecule has 170 valence electrons. The third-order valence-corrected chi connectivity index (χ3v) is 6.23. The van der Waals surface area contributed by atoms with Crippen molar-refractivity contribution >= 4 is 41.0 Å². The molecule has 8 nitrogen and oxygen atoms in total. The van der Waals surface area contributed by atoms with Crippen LogP contribution < -0.4 is 14.8 Å². The fraction of sp³-hybridized carbons (Fsp3) is 0.217. The van der Waals surface area contributed by atoms with Crippen LogP contribution in [0.25, 0.3) is 0 Å². The Labute approximate surface area is 193 Å². The van der Waals surface area contributed by atoms with E-state index >= 15 is 0 Å². The Kier molecular flexibility index (Phi) is 6.45. The van der Waals surface area contributed by atoms with Gasteiger partial charge in [-0.3, -0.25) is 4.79 Å². The predicted octanol–water partition coefficient (Wildman–Crippen LogP) is 3.03. The summed E-state index contributed by atoms with van der Waals surface area (Å²) in [7, 11) is 2.99. The van der Waals surface area contributed by atoms with E-state index in [1.165, 1.54) is 54.8 Å². The highest BCUT2D eigenvalue weighted by Crippen LogP contribution is 2.30. The first-order valence-corrected chi connectivity index (χ1v) is 10.9. The Balaban J connectivity index is 1.56. The van der Waals surface area contributed by atoms with Crippen LogP contribution in [0.2, 0.25) is 0 Å². The highest BCUT2D eigenvalue weighted by molar-refractivity contribution is 8.04. The number of imide groups is 1. The molecule has 1 unspecified atom stereocenters. The molecule has 2 aliphatic heterocycles. The second-order valence-electron chi connectivity index (χ2n) is 7.28. The van der Waals surface area contributed by atoms with Gasteiger partial charge in [0.15, 0.2) is 11.8 Å². The van der Waals surface area contributed by atoms with Gasteiger partial charge in [-0.15, -0.1) is 11.8 Å². The first-order valence-electron chi connectivity index (χ1n) is 9.99. The lowest BCUT2D eigenvalue weighted by molar-refractivity contribution is -0.426. The number of hydrogen-bond donors (Lipinski definition) is 1. The van der Waals surface area contributed by atoms with Gasteiger partial charge >= 0.3 is 11.9 Å². The molecule has 10 heteroatoms. The lowest BCUT2D eigenvalue weighted by Crippen LogP contribution is -2.55. The van der Waals surface area contributed by atoms with E-state index in [-0.39, 0.29) is 19.0 Å². The van der Waals surface area contributed by atoms with Crippen molar-refractivity contribution < 1.29 is 32.8 Å². The molecule has 4 rings (SSSR count). The molecule has 0 fully saturated rings. The number of amides is 4. The number of rotatable bonds is 7. The molecular weight excluding hydrogens is 449 g/mol. The van der Waals surface area contributed by atoms with E-state index in [9.17, 15) is 18.8 Å². The van der Waals surface area contributed by atoms with E-state index in [4.69, 9.17) is 9.47 Å². The highest BCUT2D eigenvalue weighted by atomic mass is 32.2. The number of nitrogens with one attached hydrogen (secondary N) is 1. The highest BCUT2D eigenvalue weighted by Gasteiger charge is 2.49. The molecule has 0 saturated heterocycles. The van der Waals surface area contributed by atoms with Gasteiger partial charge in [0.25, 0.3) is 5.91 Å². The summed E-state index contributed by atoms with van der Waals surface area (Å²) < 4.78 is 25.0. The Hall–Kier alpha value is -3.66. The number of allylic oxidation sites excluding steroid dienone is 1. The van der Waals surface area contributed by atoms with Gasteiger partial charge in [-0.2, -0.15) is 14.3 Å². The maximum absolute atomic E-state index is 13.2. The van der Waals surface area contributed by atoms with Crippen molar-refractivity contribution in [2.24, 2.45) is 0 Å². The molecule has 1 atom stereocenters. The van der Waals surface area contributed by atoms with Crippen LogP contribution >= 0.6 is 11.8 Å².